The molecule has 3 heteroatoms. The van der Waals surface area contributed by atoms with Crippen molar-refractivity contribution in [3.63, 3.8) is 0 Å². The average molecular weight is 267 g/mol. The summed E-state index contributed by atoms with van der Waals surface area (Å²) in [6.07, 6.45) is 2.35. The first-order chi connectivity index (χ1) is 8.47. The van der Waals surface area contributed by atoms with Crippen molar-refractivity contribution in [2.24, 2.45) is 11.7 Å². The van der Waals surface area contributed by atoms with Crippen LogP contribution in [0, 0.1) is 5.92 Å². The van der Waals surface area contributed by atoms with E-state index in [0.29, 0.717) is 6.04 Å². The largest absolute Gasteiger partial charge is 0.328 e. The van der Waals surface area contributed by atoms with Crippen molar-refractivity contribution in [2.75, 3.05) is 13.1 Å². The van der Waals surface area contributed by atoms with Gasteiger partial charge in [-0.15, -0.1) is 0 Å². The zero-order chi connectivity index (χ0) is 13.2. The van der Waals surface area contributed by atoms with Gasteiger partial charge in [0.25, 0.3) is 0 Å². The summed E-state index contributed by atoms with van der Waals surface area (Å²) >= 11 is 5.92. The third-order valence-corrected chi connectivity index (χ3v) is 4.15. The van der Waals surface area contributed by atoms with Gasteiger partial charge in [-0.2, -0.15) is 0 Å². The van der Waals surface area contributed by atoms with E-state index < -0.39 is 0 Å². The first-order valence-electron chi connectivity index (χ1n) is 6.70. The molecule has 0 aromatic heterocycles. The topological polar surface area (TPSA) is 38.0 Å². The summed E-state index contributed by atoms with van der Waals surface area (Å²) in [5, 5.41) is 4.37. The second-order valence-electron chi connectivity index (χ2n) is 6.12. The molecule has 1 aliphatic rings. The molecular weight excluding hydrogens is 244 g/mol. The van der Waals surface area contributed by atoms with Crippen LogP contribution in [0.3, 0.4) is 0 Å². The number of nitrogens with one attached hydrogen (secondary N) is 1. The predicted molar refractivity (Wildman–Crippen MR) is 78.0 cm³/mol. The van der Waals surface area contributed by atoms with Crippen LogP contribution in [0.1, 0.15) is 32.3 Å². The van der Waals surface area contributed by atoms with E-state index >= 15 is 0 Å². The molecule has 18 heavy (non-hydrogen) atoms. The molecule has 1 saturated carbocycles. The highest BCUT2D eigenvalue weighted by Crippen LogP contribution is 2.26. The first-order valence-corrected chi connectivity index (χ1v) is 7.07. The molecule has 0 heterocycles. The molecule has 0 unspecified atom stereocenters. The van der Waals surface area contributed by atoms with Crippen LogP contribution in [0.25, 0.3) is 0 Å². The molecule has 0 amide bonds. The van der Waals surface area contributed by atoms with Crippen molar-refractivity contribution in [2.45, 2.75) is 38.1 Å². The maximum absolute atomic E-state index is 5.92. The van der Waals surface area contributed by atoms with Gasteiger partial charge in [0.15, 0.2) is 0 Å². The highest BCUT2D eigenvalue weighted by atomic mass is 35.5. The van der Waals surface area contributed by atoms with Gasteiger partial charge < -0.3 is 11.1 Å². The van der Waals surface area contributed by atoms with Gasteiger partial charge in [-0.25, -0.2) is 0 Å². The molecule has 0 atom stereocenters. The molecule has 3 N–H and O–H groups in total. The van der Waals surface area contributed by atoms with Crippen molar-refractivity contribution in [1.82, 2.24) is 5.32 Å². The zero-order valence-corrected chi connectivity index (χ0v) is 12.0. The summed E-state index contributed by atoms with van der Waals surface area (Å²) < 4.78 is 0. The van der Waals surface area contributed by atoms with Crippen molar-refractivity contribution in [1.29, 1.82) is 0 Å². The monoisotopic (exact) mass is 266 g/mol. The molecule has 1 aromatic rings. The highest BCUT2D eigenvalue weighted by Gasteiger charge is 2.26. The van der Waals surface area contributed by atoms with Crippen LogP contribution in [0.4, 0.5) is 0 Å². The van der Waals surface area contributed by atoms with E-state index in [1.807, 2.05) is 12.1 Å². The van der Waals surface area contributed by atoms with Gasteiger partial charge >= 0.3 is 0 Å². The van der Waals surface area contributed by atoms with E-state index in [4.69, 9.17) is 17.3 Å². The minimum atomic E-state index is 0.135. The summed E-state index contributed by atoms with van der Waals surface area (Å²) in [7, 11) is 0. The normalized spacial score (nSPS) is 23.8. The van der Waals surface area contributed by atoms with Crippen LogP contribution in [-0.2, 0) is 5.41 Å². The summed E-state index contributed by atoms with van der Waals surface area (Å²) in [5.74, 6) is 0.779. The average Bonchev–Trinajstić information content (AvgIpc) is 2.27. The smallest absolute Gasteiger partial charge is 0.0406 e. The van der Waals surface area contributed by atoms with Crippen LogP contribution in [0.2, 0.25) is 5.02 Å². The minimum absolute atomic E-state index is 0.135. The molecule has 1 fully saturated rings. The lowest BCUT2D eigenvalue weighted by molar-refractivity contribution is 0.251. The number of nitrogens with two attached hydrogens (primary N) is 1. The van der Waals surface area contributed by atoms with Crippen molar-refractivity contribution in [3.8, 4) is 0 Å². The van der Waals surface area contributed by atoms with Crippen LogP contribution in [0.15, 0.2) is 24.3 Å². The molecule has 0 spiro atoms. The zero-order valence-electron chi connectivity index (χ0n) is 11.2. The number of rotatable bonds is 5. The van der Waals surface area contributed by atoms with E-state index in [-0.39, 0.29) is 5.41 Å². The second kappa shape index (κ2) is 5.60. The maximum atomic E-state index is 5.92. The molecule has 100 valence electrons. The Morgan fingerprint density at radius 1 is 1.28 bits per heavy atom. The Morgan fingerprint density at radius 2 is 1.89 bits per heavy atom. The number of hydrogen-bond donors (Lipinski definition) is 2. The summed E-state index contributed by atoms with van der Waals surface area (Å²) in [6, 6.07) is 8.60. The third kappa shape index (κ3) is 3.47. The predicted octanol–water partition coefficient (Wildman–Crippen LogP) is 2.94. The quantitative estimate of drug-likeness (QED) is 0.860. The molecule has 0 saturated heterocycles. The van der Waals surface area contributed by atoms with Crippen molar-refractivity contribution < 1.29 is 0 Å². The Labute approximate surface area is 115 Å². The Kier molecular flexibility index (Phi) is 4.31. The second-order valence-corrected chi connectivity index (χ2v) is 6.56. The molecule has 2 rings (SSSR count). The van der Waals surface area contributed by atoms with Crippen LogP contribution in [-0.4, -0.2) is 19.1 Å². The number of halogens is 1. The fraction of sp³-hybridized carbons (Fsp3) is 0.600. The van der Waals surface area contributed by atoms with E-state index in [1.165, 1.54) is 18.4 Å². The van der Waals surface area contributed by atoms with E-state index in [1.54, 1.807) is 0 Å². The van der Waals surface area contributed by atoms with Crippen LogP contribution < -0.4 is 11.1 Å². The van der Waals surface area contributed by atoms with Gasteiger partial charge in [0.2, 0.25) is 0 Å². The fourth-order valence-corrected chi connectivity index (χ4v) is 2.67. The molecule has 0 radical (unpaired) electrons. The SMILES string of the molecule is CC(C)(CNCC1CC(N)C1)c1ccc(Cl)cc1. The van der Waals surface area contributed by atoms with Gasteiger partial charge in [-0.3, -0.25) is 0 Å². The summed E-state index contributed by atoms with van der Waals surface area (Å²) in [4.78, 5) is 0. The van der Waals surface area contributed by atoms with Crippen LogP contribution >= 0.6 is 11.6 Å². The lowest BCUT2D eigenvalue weighted by Crippen LogP contribution is -2.43. The summed E-state index contributed by atoms with van der Waals surface area (Å²) in [6.45, 7) is 6.59. The molecular formula is C15H23ClN2. The number of hydrogen-bond acceptors (Lipinski definition) is 2. The third-order valence-electron chi connectivity index (χ3n) is 3.90. The lowest BCUT2D eigenvalue weighted by Gasteiger charge is -2.34. The standard InChI is InChI=1S/C15H23ClN2/c1-15(2,12-3-5-13(16)6-4-12)10-18-9-11-7-14(17)8-11/h3-6,11,14,18H,7-10,17H2,1-2H3. The Bertz CT molecular complexity index is 380. The molecule has 1 aromatic carbocycles. The van der Waals surface area contributed by atoms with Gasteiger partial charge in [0.05, 0.1) is 0 Å². The van der Waals surface area contributed by atoms with Gasteiger partial charge in [-0.05, 0) is 43.0 Å². The van der Waals surface area contributed by atoms with E-state index in [2.05, 4.69) is 31.3 Å². The maximum Gasteiger partial charge on any atom is 0.0406 e. The van der Waals surface area contributed by atoms with E-state index in [0.717, 1.165) is 24.0 Å². The molecule has 0 aliphatic heterocycles. The van der Waals surface area contributed by atoms with E-state index in [9.17, 15) is 0 Å². The highest BCUT2D eigenvalue weighted by molar-refractivity contribution is 6.30. The summed E-state index contributed by atoms with van der Waals surface area (Å²) in [5.41, 5.74) is 7.25. The fourth-order valence-electron chi connectivity index (χ4n) is 2.55. The molecule has 0 bridgehead atoms. The Hall–Kier alpha value is -0.570. The molecule has 2 nitrogen and oxygen atoms in total. The van der Waals surface area contributed by atoms with Gasteiger partial charge in [0.1, 0.15) is 0 Å². The van der Waals surface area contributed by atoms with Crippen LogP contribution in [0.5, 0.6) is 0 Å². The first kappa shape index (κ1) is 13.9. The molecule has 1 aliphatic carbocycles. The minimum Gasteiger partial charge on any atom is -0.328 e. The van der Waals surface area contributed by atoms with Gasteiger partial charge in [0, 0.05) is 23.0 Å². The number of benzene rings is 1. The Morgan fingerprint density at radius 3 is 2.44 bits per heavy atom. The van der Waals surface area contributed by atoms with Crippen molar-refractivity contribution in [3.05, 3.63) is 34.9 Å². The van der Waals surface area contributed by atoms with Gasteiger partial charge in [-0.1, -0.05) is 37.6 Å². The Balaban J connectivity index is 1.81. The lowest BCUT2D eigenvalue weighted by atomic mass is 9.80. The van der Waals surface area contributed by atoms with Crippen molar-refractivity contribution >= 4 is 11.6 Å².